The lowest BCUT2D eigenvalue weighted by Crippen LogP contribution is -2.50. The van der Waals surface area contributed by atoms with Crippen molar-refractivity contribution in [2.24, 2.45) is 0 Å². The molecule has 2 saturated heterocycles. The van der Waals surface area contributed by atoms with E-state index in [1.54, 1.807) is 0 Å². The van der Waals surface area contributed by atoms with E-state index in [1.165, 1.54) is 24.9 Å². The Morgan fingerprint density at radius 1 is 1.17 bits per heavy atom. The molecule has 1 aromatic carbocycles. The molecular formula is C18H21N5. The Morgan fingerprint density at radius 2 is 2.13 bits per heavy atom. The summed E-state index contributed by atoms with van der Waals surface area (Å²) in [5.74, 6) is 1.04. The van der Waals surface area contributed by atoms with Crippen LogP contribution in [0.1, 0.15) is 18.4 Å². The molecule has 0 aliphatic carbocycles. The van der Waals surface area contributed by atoms with Crippen molar-refractivity contribution in [3.63, 3.8) is 0 Å². The van der Waals surface area contributed by atoms with Gasteiger partial charge in [-0.25, -0.2) is 9.97 Å². The Labute approximate surface area is 135 Å². The van der Waals surface area contributed by atoms with Gasteiger partial charge in [-0.2, -0.15) is 0 Å². The largest absolute Gasteiger partial charge is 0.351 e. The van der Waals surface area contributed by atoms with Crippen molar-refractivity contribution in [3.8, 4) is 0 Å². The number of rotatable bonds is 1. The molecule has 2 fully saturated rings. The molecule has 2 aliphatic heterocycles. The van der Waals surface area contributed by atoms with Crippen LogP contribution < -0.4 is 4.90 Å². The first-order valence-corrected chi connectivity index (χ1v) is 8.52. The van der Waals surface area contributed by atoms with E-state index >= 15 is 0 Å². The van der Waals surface area contributed by atoms with Gasteiger partial charge >= 0.3 is 0 Å². The molecule has 3 aromatic rings. The van der Waals surface area contributed by atoms with E-state index in [4.69, 9.17) is 4.98 Å². The van der Waals surface area contributed by atoms with Gasteiger partial charge in [0.15, 0.2) is 11.5 Å². The summed E-state index contributed by atoms with van der Waals surface area (Å²) in [4.78, 5) is 14.7. The molecule has 2 aliphatic rings. The molecule has 1 unspecified atom stereocenters. The maximum atomic E-state index is 4.98. The van der Waals surface area contributed by atoms with Crippen molar-refractivity contribution in [1.29, 1.82) is 0 Å². The van der Waals surface area contributed by atoms with Gasteiger partial charge < -0.3 is 4.90 Å². The zero-order chi connectivity index (χ0) is 15.4. The van der Waals surface area contributed by atoms with Gasteiger partial charge in [-0.15, -0.1) is 0 Å². The molecule has 0 radical (unpaired) electrons. The topological polar surface area (TPSA) is 36.7 Å². The molecule has 0 saturated carbocycles. The van der Waals surface area contributed by atoms with Crippen LogP contribution in [0.4, 0.5) is 5.82 Å². The zero-order valence-corrected chi connectivity index (χ0v) is 13.4. The average molecular weight is 307 g/mol. The van der Waals surface area contributed by atoms with Gasteiger partial charge in [0.05, 0.1) is 11.0 Å². The summed E-state index contributed by atoms with van der Waals surface area (Å²) < 4.78 is 2.19. The van der Waals surface area contributed by atoms with Crippen LogP contribution in [0.5, 0.6) is 0 Å². The molecule has 118 valence electrons. The zero-order valence-electron chi connectivity index (χ0n) is 13.4. The highest BCUT2D eigenvalue weighted by atomic mass is 15.3. The summed E-state index contributed by atoms with van der Waals surface area (Å²) in [5, 5.41) is 0. The molecule has 0 amide bonds. The Hall–Kier alpha value is -2.14. The number of fused-ring (bicyclic) bond motifs is 4. The molecule has 23 heavy (non-hydrogen) atoms. The Morgan fingerprint density at radius 3 is 3.09 bits per heavy atom. The van der Waals surface area contributed by atoms with Crippen molar-refractivity contribution in [2.75, 3.05) is 31.1 Å². The van der Waals surface area contributed by atoms with Crippen molar-refractivity contribution in [1.82, 2.24) is 19.3 Å². The molecule has 5 rings (SSSR count). The highest BCUT2D eigenvalue weighted by Gasteiger charge is 2.32. The fourth-order valence-electron chi connectivity index (χ4n) is 4.14. The van der Waals surface area contributed by atoms with E-state index in [-0.39, 0.29) is 0 Å². The van der Waals surface area contributed by atoms with E-state index in [1.807, 2.05) is 12.4 Å². The SMILES string of the molecule is Cc1ccc2nc(N3CCN4CCCC4C3)c3nccn3c2c1. The van der Waals surface area contributed by atoms with E-state index in [9.17, 15) is 0 Å². The van der Waals surface area contributed by atoms with Crippen LogP contribution in [0.2, 0.25) is 0 Å². The molecule has 4 heterocycles. The summed E-state index contributed by atoms with van der Waals surface area (Å²) in [6.45, 7) is 6.65. The minimum atomic E-state index is 0.689. The normalized spacial score (nSPS) is 22.1. The van der Waals surface area contributed by atoms with E-state index < -0.39 is 0 Å². The van der Waals surface area contributed by atoms with Gasteiger partial charge in [0.1, 0.15) is 0 Å². The lowest BCUT2D eigenvalue weighted by atomic mass is 10.1. The minimum absolute atomic E-state index is 0.689. The highest BCUT2D eigenvalue weighted by molar-refractivity contribution is 5.83. The molecule has 2 aromatic heterocycles. The fraction of sp³-hybridized carbons (Fsp3) is 0.444. The smallest absolute Gasteiger partial charge is 0.180 e. The third kappa shape index (κ3) is 2.03. The van der Waals surface area contributed by atoms with Crippen LogP contribution >= 0.6 is 0 Å². The number of benzene rings is 1. The maximum absolute atomic E-state index is 4.98. The van der Waals surface area contributed by atoms with Gasteiger partial charge in [-0.1, -0.05) is 6.07 Å². The third-order valence-electron chi connectivity index (χ3n) is 5.34. The van der Waals surface area contributed by atoms with E-state index in [0.29, 0.717) is 6.04 Å². The second-order valence-corrected chi connectivity index (χ2v) is 6.83. The number of anilines is 1. The highest BCUT2D eigenvalue weighted by Crippen LogP contribution is 2.28. The molecule has 0 N–H and O–H groups in total. The van der Waals surface area contributed by atoms with Gasteiger partial charge in [-0.05, 0) is 44.0 Å². The van der Waals surface area contributed by atoms with Gasteiger partial charge in [0.25, 0.3) is 0 Å². The standard InChI is InChI=1S/C18H21N5/c1-13-4-5-15-16(11-13)23-8-6-19-17(23)18(20-15)22-10-9-21-7-2-3-14(21)12-22/h4-6,8,11,14H,2-3,7,9-10,12H2,1H3. The molecule has 1 atom stereocenters. The minimum Gasteiger partial charge on any atom is -0.351 e. The summed E-state index contributed by atoms with van der Waals surface area (Å²) in [6, 6.07) is 7.14. The predicted octanol–water partition coefficient (Wildman–Crippen LogP) is 2.48. The van der Waals surface area contributed by atoms with Crippen LogP contribution in [0, 0.1) is 6.92 Å². The molecule has 0 bridgehead atoms. The first-order chi connectivity index (χ1) is 11.3. The van der Waals surface area contributed by atoms with Crippen LogP contribution in [-0.4, -0.2) is 51.5 Å². The first kappa shape index (κ1) is 13.3. The monoisotopic (exact) mass is 307 g/mol. The van der Waals surface area contributed by atoms with Crippen molar-refractivity contribution in [2.45, 2.75) is 25.8 Å². The number of imidazole rings is 1. The van der Waals surface area contributed by atoms with E-state index in [0.717, 1.165) is 42.1 Å². The Balaban J connectivity index is 1.65. The summed E-state index contributed by atoms with van der Waals surface area (Å²) in [7, 11) is 0. The molecule has 5 nitrogen and oxygen atoms in total. The van der Waals surface area contributed by atoms with Crippen molar-refractivity contribution < 1.29 is 0 Å². The summed E-state index contributed by atoms with van der Waals surface area (Å²) in [5.41, 5.74) is 4.42. The number of piperazine rings is 1. The van der Waals surface area contributed by atoms with Gasteiger partial charge in [-0.3, -0.25) is 9.30 Å². The Bertz CT molecular complexity index is 884. The number of nitrogens with zero attached hydrogens (tertiary/aromatic N) is 5. The molecule has 5 heteroatoms. The third-order valence-corrected chi connectivity index (χ3v) is 5.34. The van der Waals surface area contributed by atoms with Crippen molar-refractivity contribution in [3.05, 3.63) is 36.2 Å². The maximum Gasteiger partial charge on any atom is 0.180 e. The van der Waals surface area contributed by atoms with Crippen LogP contribution in [0.15, 0.2) is 30.6 Å². The molecule has 0 spiro atoms. The first-order valence-electron chi connectivity index (χ1n) is 8.52. The number of hydrogen-bond donors (Lipinski definition) is 0. The van der Waals surface area contributed by atoms with Crippen LogP contribution in [0.3, 0.4) is 0 Å². The molecular weight excluding hydrogens is 286 g/mol. The summed E-state index contributed by atoms with van der Waals surface area (Å²) in [6.07, 6.45) is 6.58. The van der Waals surface area contributed by atoms with Crippen LogP contribution in [0.25, 0.3) is 16.7 Å². The Kier molecular flexibility index (Phi) is 2.85. The van der Waals surface area contributed by atoms with Crippen molar-refractivity contribution >= 4 is 22.5 Å². The van der Waals surface area contributed by atoms with Gasteiger partial charge in [0.2, 0.25) is 0 Å². The lowest BCUT2D eigenvalue weighted by Gasteiger charge is -2.38. The number of aromatic nitrogens is 3. The fourth-order valence-corrected chi connectivity index (χ4v) is 4.14. The summed E-state index contributed by atoms with van der Waals surface area (Å²) >= 11 is 0. The lowest BCUT2D eigenvalue weighted by molar-refractivity contribution is 0.230. The quantitative estimate of drug-likeness (QED) is 0.692. The predicted molar refractivity (Wildman–Crippen MR) is 92.0 cm³/mol. The number of aryl methyl sites for hydroxylation is 1. The van der Waals surface area contributed by atoms with E-state index in [2.05, 4.69) is 44.3 Å². The second kappa shape index (κ2) is 4.93. The van der Waals surface area contributed by atoms with Crippen LogP contribution in [-0.2, 0) is 0 Å². The second-order valence-electron chi connectivity index (χ2n) is 6.83. The number of hydrogen-bond acceptors (Lipinski definition) is 4. The van der Waals surface area contributed by atoms with Gasteiger partial charge in [0, 0.05) is 38.1 Å². The average Bonchev–Trinajstić information content (AvgIpc) is 3.22.